The number of nitrogens with zero attached hydrogens (tertiary/aromatic N) is 2. The minimum absolute atomic E-state index is 0.211. The molecule has 1 saturated carbocycles. The molecule has 3 rings (SSSR count). The molecular weight excluding hydrogens is 336 g/mol. The van der Waals surface area contributed by atoms with E-state index in [0.29, 0.717) is 0 Å². The molecule has 6 nitrogen and oxygen atoms in total. The van der Waals surface area contributed by atoms with Crippen LogP contribution in [0.2, 0.25) is 0 Å². The second-order valence-electron chi connectivity index (χ2n) is 6.07. The summed E-state index contributed by atoms with van der Waals surface area (Å²) in [6.07, 6.45) is 3.38. The zero-order chi connectivity index (χ0) is 16.5. The maximum absolute atomic E-state index is 12.6. The van der Waals surface area contributed by atoms with Crippen LogP contribution in [0.25, 0.3) is 0 Å². The van der Waals surface area contributed by atoms with E-state index in [-0.39, 0.29) is 36.3 Å². The van der Waals surface area contributed by atoms with E-state index >= 15 is 0 Å². The highest BCUT2D eigenvalue weighted by atomic mass is 32.2. The lowest BCUT2D eigenvalue weighted by molar-refractivity contribution is 0.270. The Labute approximate surface area is 138 Å². The molecule has 1 saturated heterocycles. The average Bonchev–Trinajstić information content (AvgIpc) is 3.11. The summed E-state index contributed by atoms with van der Waals surface area (Å²) >= 11 is 0. The Balaban J connectivity index is 1.69. The summed E-state index contributed by atoms with van der Waals surface area (Å²) in [4.78, 5) is 0.257. The van der Waals surface area contributed by atoms with Gasteiger partial charge in [0.05, 0.1) is 10.1 Å². The summed E-state index contributed by atoms with van der Waals surface area (Å²) in [5.41, 5.74) is 0. The highest BCUT2D eigenvalue weighted by Crippen LogP contribution is 2.28. The van der Waals surface area contributed by atoms with Crippen molar-refractivity contribution in [3.05, 3.63) is 30.3 Å². The number of piperazine rings is 1. The molecule has 2 fully saturated rings. The smallest absolute Gasteiger partial charge is 0.212 e. The lowest BCUT2D eigenvalue weighted by Gasteiger charge is -2.34. The van der Waals surface area contributed by atoms with Crippen LogP contribution in [0.15, 0.2) is 35.2 Å². The van der Waals surface area contributed by atoms with Crippen LogP contribution < -0.4 is 0 Å². The van der Waals surface area contributed by atoms with E-state index in [4.69, 9.17) is 0 Å². The topological polar surface area (TPSA) is 74.8 Å². The first kappa shape index (κ1) is 16.9. The number of sulfonamides is 2. The molecule has 0 spiro atoms. The van der Waals surface area contributed by atoms with Crippen molar-refractivity contribution in [3.63, 3.8) is 0 Å². The van der Waals surface area contributed by atoms with Crippen LogP contribution in [0.5, 0.6) is 0 Å². The lowest BCUT2D eigenvalue weighted by Crippen LogP contribution is -2.52. The van der Waals surface area contributed by atoms with Crippen LogP contribution in [0.3, 0.4) is 0 Å². The molecule has 8 heteroatoms. The third kappa shape index (κ3) is 3.31. The monoisotopic (exact) mass is 358 g/mol. The third-order valence-corrected chi connectivity index (χ3v) is 8.97. The van der Waals surface area contributed by atoms with Crippen LogP contribution >= 0.6 is 0 Å². The van der Waals surface area contributed by atoms with Gasteiger partial charge in [0.2, 0.25) is 20.0 Å². The molecule has 1 aliphatic heterocycles. The standard InChI is InChI=1S/C15H22N2O4S2/c18-22(19,14-6-2-1-3-7-14)16-10-12-17(13-11-16)23(20,21)15-8-4-5-9-15/h1-3,6-7,15H,4-5,8-13H2. The van der Waals surface area contributed by atoms with E-state index in [1.807, 2.05) is 0 Å². The molecule has 0 N–H and O–H groups in total. The fourth-order valence-corrected chi connectivity index (χ4v) is 6.77. The molecule has 0 unspecified atom stereocenters. The number of rotatable bonds is 4. The summed E-state index contributed by atoms with van der Waals surface area (Å²) in [6.45, 7) is 0.905. The first-order valence-corrected chi connectivity index (χ1v) is 10.9. The summed E-state index contributed by atoms with van der Waals surface area (Å²) in [5.74, 6) is 0. The van der Waals surface area contributed by atoms with Crippen LogP contribution in [0.1, 0.15) is 25.7 Å². The van der Waals surface area contributed by atoms with Crippen molar-refractivity contribution in [2.45, 2.75) is 35.8 Å². The van der Waals surface area contributed by atoms with E-state index in [2.05, 4.69) is 0 Å². The van der Waals surface area contributed by atoms with Crippen molar-refractivity contribution >= 4 is 20.0 Å². The summed E-state index contributed by atoms with van der Waals surface area (Å²) in [7, 11) is -6.82. The number of hydrogen-bond donors (Lipinski definition) is 0. The largest absolute Gasteiger partial charge is 0.243 e. The van der Waals surface area contributed by atoms with E-state index in [1.165, 1.54) is 8.61 Å². The van der Waals surface area contributed by atoms with Gasteiger partial charge in [-0.1, -0.05) is 31.0 Å². The summed E-state index contributed by atoms with van der Waals surface area (Å²) < 4.78 is 53.1. The Hall–Kier alpha value is -0.960. The normalized spacial score (nSPS) is 22.4. The van der Waals surface area contributed by atoms with Crippen molar-refractivity contribution in [2.24, 2.45) is 0 Å². The molecule has 0 atom stereocenters. The van der Waals surface area contributed by atoms with Crippen molar-refractivity contribution in [3.8, 4) is 0 Å². The third-order valence-electron chi connectivity index (χ3n) is 4.66. The molecule has 0 bridgehead atoms. The fraction of sp³-hybridized carbons (Fsp3) is 0.600. The van der Waals surface area contributed by atoms with E-state index < -0.39 is 20.0 Å². The van der Waals surface area contributed by atoms with Gasteiger partial charge in [0.25, 0.3) is 0 Å². The Morgan fingerprint density at radius 2 is 1.30 bits per heavy atom. The molecule has 0 radical (unpaired) electrons. The van der Waals surface area contributed by atoms with Gasteiger partial charge >= 0.3 is 0 Å². The maximum atomic E-state index is 12.6. The predicted octanol–water partition coefficient (Wildman–Crippen LogP) is 1.27. The Morgan fingerprint density at radius 1 is 0.783 bits per heavy atom. The van der Waals surface area contributed by atoms with Gasteiger partial charge in [0, 0.05) is 26.2 Å². The second kappa shape index (κ2) is 6.51. The minimum atomic E-state index is -3.54. The average molecular weight is 358 g/mol. The Kier molecular flexibility index (Phi) is 4.78. The van der Waals surface area contributed by atoms with Crippen LogP contribution in [0, 0.1) is 0 Å². The van der Waals surface area contributed by atoms with Crippen molar-refractivity contribution in [1.29, 1.82) is 0 Å². The molecule has 1 heterocycles. The highest BCUT2D eigenvalue weighted by molar-refractivity contribution is 7.90. The van der Waals surface area contributed by atoms with Gasteiger partial charge in [-0.3, -0.25) is 0 Å². The Morgan fingerprint density at radius 3 is 1.87 bits per heavy atom. The molecule has 2 aliphatic rings. The molecule has 0 aromatic heterocycles. The maximum Gasteiger partial charge on any atom is 0.243 e. The van der Waals surface area contributed by atoms with Gasteiger partial charge < -0.3 is 0 Å². The molecular formula is C15H22N2O4S2. The summed E-state index contributed by atoms with van der Waals surface area (Å²) in [6, 6.07) is 8.28. The van der Waals surface area contributed by atoms with Crippen LogP contribution in [0.4, 0.5) is 0 Å². The SMILES string of the molecule is O=S(=O)(c1ccccc1)N1CCN(S(=O)(=O)C2CCCC2)CC1. The van der Waals surface area contributed by atoms with Crippen molar-refractivity contribution in [1.82, 2.24) is 8.61 Å². The van der Waals surface area contributed by atoms with Crippen molar-refractivity contribution < 1.29 is 16.8 Å². The van der Waals surface area contributed by atoms with Crippen LogP contribution in [-0.4, -0.2) is 56.9 Å². The quantitative estimate of drug-likeness (QED) is 0.812. The van der Waals surface area contributed by atoms with Crippen LogP contribution in [-0.2, 0) is 20.0 Å². The zero-order valence-corrected chi connectivity index (χ0v) is 14.6. The first-order valence-electron chi connectivity index (χ1n) is 7.96. The molecule has 0 amide bonds. The molecule has 23 heavy (non-hydrogen) atoms. The fourth-order valence-electron chi connectivity index (χ4n) is 3.30. The zero-order valence-electron chi connectivity index (χ0n) is 13.0. The van der Waals surface area contributed by atoms with E-state index in [1.54, 1.807) is 30.3 Å². The summed E-state index contributed by atoms with van der Waals surface area (Å²) in [5, 5.41) is -0.278. The van der Waals surface area contributed by atoms with Gasteiger partial charge in [-0.05, 0) is 25.0 Å². The van der Waals surface area contributed by atoms with Gasteiger partial charge in [0.1, 0.15) is 0 Å². The van der Waals surface area contributed by atoms with Crippen molar-refractivity contribution in [2.75, 3.05) is 26.2 Å². The number of benzene rings is 1. The number of hydrogen-bond acceptors (Lipinski definition) is 4. The highest BCUT2D eigenvalue weighted by Gasteiger charge is 2.37. The minimum Gasteiger partial charge on any atom is -0.212 e. The molecule has 1 aromatic carbocycles. The van der Waals surface area contributed by atoms with E-state index in [0.717, 1.165) is 25.7 Å². The van der Waals surface area contributed by atoms with Gasteiger partial charge in [-0.15, -0.1) is 0 Å². The lowest BCUT2D eigenvalue weighted by atomic mass is 10.4. The predicted molar refractivity (Wildman–Crippen MR) is 87.9 cm³/mol. The second-order valence-corrected chi connectivity index (χ2v) is 10.2. The first-order chi connectivity index (χ1) is 10.9. The van der Waals surface area contributed by atoms with Gasteiger partial charge in [-0.25, -0.2) is 16.8 Å². The van der Waals surface area contributed by atoms with Gasteiger partial charge in [-0.2, -0.15) is 8.61 Å². The molecule has 1 aliphatic carbocycles. The molecule has 128 valence electrons. The molecule has 1 aromatic rings. The Bertz CT molecular complexity index is 733. The van der Waals surface area contributed by atoms with Gasteiger partial charge in [0.15, 0.2) is 0 Å². The van der Waals surface area contributed by atoms with E-state index in [9.17, 15) is 16.8 Å².